The van der Waals surface area contributed by atoms with Gasteiger partial charge in [-0.1, -0.05) is 0 Å². The van der Waals surface area contributed by atoms with Crippen LogP contribution in [0.25, 0.3) is 0 Å². The molecule has 1 aromatic heterocycles. The van der Waals surface area contributed by atoms with Gasteiger partial charge in [0.25, 0.3) is 0 Å². The van der Waals surface area contributed by atoms with Crippen LogP contribution in [0.15, 0.2) is 6.07 Å². The SMILES string of the molecule is N#Cc1cc2n(n1)CCCC2. The van der Waals surface area contributed by atoms with E-state index in [1.807, 2.05) is 10.7 Å². The number of hydrogen-bond acceptors (Lipinski definition) is 2. The van der Waals surface area contributed by atoms with Crippen molar-refractivity contribution in [3.63, 3.8) is 0 Å². The number of aromatic nitrogens is 2. The molecule has 2 heterocycles. The summed E-state index contributed by atoms with van der Waals surface area (Å²) in [6, 6.07) is 3.94. The monoisotopic (exact) mass is 147 g/mol. The van der Waals surface area contributed by atoms with Gasteiger partial charge in [0.1, 0.15) is 6.07 Å². The first-order valence-electron chi connectivity index (χ1n) is 3.87. The van der Waals surface area contributed by atoms with Crippen LogP contribution in [0.3, 0.4) is 0 Å². The summed E-state index contributed by atoms with van der Waals surface area (Å²) in [7, 11) is 0. The van der Waals surface area contributed by atoms with Crippen LogP contribution in [0.5, 0.6) is 0 Å². The van der Waals surface area contributed by atoms with Crippen LogP contribution in [0.4, 0.5) is 0 Å². The van der Waals surface area contributed by atoms with Crippen molar-refractivity contribution in [2.45, 2.75) is 25.8 Å². The molecule has 3 heteroatoms. The zero-order valence-corrected chi connectivity index (χ0v) is 6.25. The molecule has 3 nitrogen and oxygen atoms in total. The minimum atomic E-state index is 0.557. The van der Waals surface area contributed by atoms with Crippen molar-refractivity contribution in [3.8, 4) is 6.07 Å². The van der Waals surface area contributed by atoms with Crippen LogP contribution in [0, 0.1) is 11.3 Å². The van der Waals surface area contributed by atoms with Crippen molar-refractivity contribution in [1.82, 2.24) is 9.78 Å². The summed E-state index contributed by atoms with van der Waals surface area (Å²) >= 11 is 0. The molecule has 0 fully saturated rings. The average Bonchev–Trinajstić information content (AvgIpc) is 2.46. The molecule has 11 heavy (non-hydrogen) atoms. The van der Waals surface area contributed by atoms with E-state index >= 15 is 0 Å². The fourth-order valence-electron chi connectivity index (χ4n) is 1.47. The van der Waals surface area contributed by atoms with Crippen LogP contribution in [0.2, 0.25) is 0 Å². The summed E-state index contributed by atoms with van der Waals surface area (Å²) in [5.41, 5.74) is 1.77. The molecule has 1 aliphatic heterocycles. The summed E-state index contributed by atoms with van der Waals surface area (Å²) in [6.45, 7) is 0.983. The van der Waals surface area contributed by atoms with Crippen LogP contribution >= 0.6 is 0 Å². The zero-order chi connectivity index (χ0) is 7.68. The molecule has 0 aliphatic carbocycles. The highest BCUT2D eigenvalue weighted by Gasteiger charge is 2.10. The highest BCUT2D eigenvalue weighted by molar-refractivity contribution is 5.23. The van der Waals surface area contributed by atoms with E-state index in [0.717, 1.165) is 13.0 Å². The van der Waals surface area contributed by atoms with Crippen LogP contribution in [-0.4, -0.2) is 9.78 Å². The number of nitrogens with zero attached hydrogens (tertiary/aromatic N) is 3. The molecule has 2 rings (SSSR count). The highest BCUT2D eigenvalue weighted by atomic mass is 15.3. The van der Waals surface area contributed by atoms with E-state index in [4.69, 9.17) is 5.26 Å². The summed E-state index contributed by atoms with van der Waals surface area (Å²) in [5.74, 6) is 0. The molecule has 0 bridgehead atoms. The fourth-order valence-corrected chi connectivity index (χ4v) is 1.47. The molecular weight excluding hydrogens is 138 g/mol. The molecule has 0 aromatic carbocycles. The van der Waals surface area contributed by atoms with Gasteiger partial charge in [-0.15, -0.1) is 0 Å². The lowest BCUT2D eigenvalue weighted by Gasteiger charge is -2.11. The summed E-state index contributed by atoms with van der Waals surface area (Å²) in [6.07, 6.45) is 3.50. The largest absolute Gasteiger partial charge is 0.268 e. The quantitative estimate of drug-likeness (QED) is 0.551. The Labute approximate surface area is 65.3 Å². The maximum atomic E-state index is 8.56. The van der Waals surface area contributed by atoms with Crippen LogP contribution in [0.1, 0.15) is 24.2 Å². The van der Waals surface area contributed by atoms with Crippen molar-refractivity contribution in [1.29, 1.82) is 5.26 Å². The van der Waals surface area contributed by atoms with E-state index in [1.165, 1.54) is 18.5 Å². The zero-order valence-electron chi connectivity index (χ0n) is 6.25. The summed E-state index contributed by atoms with van der Waals surface area (Å²) in [5, 5.41) is 12.7. The molecule has 0 saturated carbocycles. The predicted molar refractivity (Wildman–Crippen MR) is 39.9 cm³/mol. The van der Waals surface area contributed by atoms with Crippen molar-refractivity contribution in [2.75, 3.05) is 0 Å². The Morgan fingerprint density at radius 2 is 2.45 bits per heavy atom. The van der Waals surface area contributed by atoms with Gasteiger partial charge in [0.05, 0.1) is 0 Å². The number of aryl methyl sites for hydroxylation is 2. The molecule has 0 saturated heterocycles. The normalized spacial score (nSPS) is 15.5. The topological polar surface area (TPSA) is 41.6 Å². The van der Waals surface area contributed by atoms with Crippen molar-refractivity contribution in [2.24, 2.45) is 0 Å². The van der Waals surface area contributed by atoms with Gasteiger partial charge in [-0.3, -0.25) is 4.68 Å². The first kappa shape index (κ1) is 6.41. The maximum Gasteiger partial charge on any atom is 0.162 e. The Kier molecular flexibility index (Phi) is 1.39. The van der Waals surface area contributed by atoms with E-state index in [-0.39, 0.29) is 0 Å². The molecule has 0 spiro atoms. The minimum Gasteiger partial charge on any atom is -0.268 e. The van der Waals surface area contributed by atoms with E-state index < -0.39 is 0 Å². The number of fused-ring (bicyclic) bond motifs is 1. The van der Waals surface area contributed by atoms with Gasteiger partial charge in [-0.05, 0) is 25.3 Å². The highest BCUT2D eigenvalue weighted by Crippen LogP contribution is 2.14. The molecule has 56 valence electrons. The van der Waals surface area contributed by atoms with E-state index in [2.05, 4.69) is 11.2 Å². The summed E-state index contributed by atoms with van der Waals surface area (Å²) in [4.78, 5) is 0. The van der Waals surface area contributed by atoms with Gasteiger partial charge >= 0.3 is 0 Å². The Morgan fingerprint density at radius 3 is 3.18 bits per heavy atom. The molecule has 1 aromatic rings. The van der Waals surface area contributed by atoms with E-state index in [0.29, 0.717) is 5.69 Å². The van der Waals surface area contributed by atoms with Crippen molar-refractivity contribution < 1.29 is 0 Å². The predicted octanol–water partition coefficient (Wildman–Crippen LogP) is 1.09. The van der Waals surface area contributed by atoms with Crippen LogP contribution < -0.4 is 0 Å². The smallest absolute Gasteiger partial charge is 0.162 e. The Balaban J connectivity index is 2.42. The van der Waals surface area contributed by atoms with Crippen LogP contribution in [-0.2, 0) is 13.0 Å². The molecule has 0 radical (unpaired) electrons. The Bertz CT molecular complexity index is 282. The number of hydrogen-bond donors (Lipinski definition) is 0. The van der Waals surface area contributed by atoms with E-state index in [1.54, 1.807) is 0 Å². The van der Waals surface area contributed by atoms with Crippen molar-refractivity contribution in [3.05, 3.63) is 17.5 Å². The number of nitriles is 1. The van der Waals surface area contributed by atoms with Crippen molar-refractivity contribution >= 4 is 0 Å². The van der Waals surface area contributed by atoms with Gasteiger partial charge in [-0.25, -0.2) is 0 Å². The van der Waals surface area contributed by atoms with E-state index in [9.17, 15) is 0 Å². The first-order chi connectivity index (χ1) is 5.40. The standard InChI is InChI=1S/C8H9N3/c9-6-7-5-8-3-1-2-4-11(8)10-7/h5H,1-4H2. The lowest BCUT2D eigenvalue weighted by atomic mass is 10.1. The third-order valence-corrected chi connectivity index (χ3v) is 2.03. The Morgan fingerprint density at radius 1 is 1.55 bits per heavy atom. The average molecular weight is 147 g/mol. The molecular formula is C8H9N3. The minimum absolute atomic E-state index is 0.557. The first-order valence-corrected chi connectivity index (χ1v) is 3.87. The van der Waals surface area contributed by atoms with Gasteiger partial charge in [0, 0.05) is 12.2 Å². The second kappa shape index (κ2) is 2.39. The second-order valence-electron chi connectivity index (χ2n) is 2.81. The maximum absolute atomic E-state index is 8.56. The molecule has 0 amide bonds. The third-order valence-electron chi connectivity index (χ3n) is 2.03. The van der Waals surface area contributed by atoms with Gasteiger partial charge < -0.3 is 0 Å². The molecule has 1 aliphatic rings. The van der Waals surface area contributed by atoms with Gasteiger partial charge in [0.15, 0.2) is 5.69 Å². The Hall–Kier alpha value is -1.30. The summed E-state index contributed by atoms with van der Waals surface area (Å²) < 4.78 is 1.95. The van der Waals surface area contributed by atoms with Gasteiger partial charge in [0.2, 0.25) is 0 Å². The number of rotatable bonds is 0. The third kappa shape index (κ3) is 1.01. The fraction of sp³-hybridized carbons (Fsp3) is 0.500. The lowest BCUT2D eigenvalue weighted by molar-refractivity contribution is 0.485. The molecule has 0 unspecified atom stereocenters. The molecule has 0 N–H and O–H groups in total. The molecule has 0 atom stereocenters. The van der Waals surface area contributed by atoms with Gasteiger partial charge in [-0.2, -0.15) is 10.4 Å². The second-order valence-corrected chi connectivity index (χ2v) is 2.81. The lowest BCUT2D eigenvalue weighted by Crippen LogP contribution is -2.10.